The highest BCUT2D eigenvalue weighted by Crippen LogP contribution is 2.26. The zero-order valence-electron chi connectivity index (χ0n) is 18.4. The van der Waals surface area contributed by atoms with E-state index in [1.165, 1.54) is 11.3 Å². The van der Waals surface area contributed by atoms with Gasteiger partial charge in [-0.05, 0) is 42.0 Å². The third-order valence-corrected chi connectivity index (χ3v) is 8.71. The zero-order valence-corrected chi connectivity index (χ0v) is 20.1. The molecule has 1 saturated heterocycles. The Bertz CT molecular complexity index is 1360. The second-order valence-electron chi connectivity index (χ2n) is 8.13. The Morgan fingerprint density at radius 2 is 1.56 bits per heavy atom. The summed E-state index contributed by atoms with van der Waals surface area (Å²) in [6.45, 7) is 2.94. The van der Waals surface area contributed by atoms with Crippen molar-refractivity contribution < 1.29 is 13.2 Å². The number of aromatic nitrogens is 1. The first-order valence-corrected chi connectivity index (χ1v) is 13.3. The maximum Gasteiger partial charge on any atom is 0.257 e. The molecule has 0 aliphatic carbocycles. The summed E-state index contributed by atoms with van der Waals surface area (Å²) in [4.78, 5) is 19.6. The molecular formula is C25H24N4O3S2. The van der Waals surface area contributed by atoms with Gasteiger partial charge >= 0.3 is 0 Å². The smallest absolute Gasteiger partial charge is 0.257 e. The van der Waals surface area contributed by atoms with Gasteiger partial charge in [-0.1, -0.05) is 53.8 Å². The lowest BCUT2D eigenvalue weighted by Gasteiger charge is -2.34. The van der Waals surface area contributed by atoms with E-state index >= 15 is 0 Å². The van der Waals surface area contributed by atoms with E-state index in [9.17, 15) is 13.2 Å². The summed E-state index contributed by atoms with van der Waals surface area (Å²) in [5, 5.41) is 3.46. The molecule has 0 radical (unpaired) electrons. The Morgan fingerprint density at radius 3 is 2.26 bits per heavy atom. The van der Waals surface area contributed by atoms with Gasteiger partial charge in [0.25, 0.3) is 5.91 Å². The van der Waals surface area contributed by atoms with Crippen LogP contribution >= 0.6 is 11.3 Å². The minimum Gasteiger partial charge on any atom is -0.298 e. The fourth-order valence-corrected chi connectivity index (χ4v) is 6.29. The van der Waals surface area contributed by atoms with Gasteiger partial charge in [0.1, 0.15) is 0 Å². The third-order valence-electron chi connectivity index (χ3n) is 5.85. The number of amides is 1. The van der Waals surface area contributed by atoms with Crippen LogP contribution in [0.25, 0.3) is 10.2 Å². The number of fused-ring (bicyclic) bond motifs is 1. The normalized spacial score (nSPS) is 15.4. The Balaban J connectivity index is 1.16. The largest absolute Gasteiger partial charge is 0.298 e. The van der Waals surface area contributed by atoms with Crippen LogP contribution in [0.3, 0.4) is 0 Å². The van der Waals surface area contributed by atoms with Crippen LogP contribution < -0.4 is 5.32 Å². The van der Waals surface area contributed by atoms with Crippen molar-refractivity contribution in [1.29, 1.82) is 0 Å². The Morgan fingerprint density at radius 1 is 0.882 bits per heavy atom. The van der Waals surface area contributed by atoms with E-state index in [0.717, 1.165) is 15.8 Å². The lowest BCUT2D eigenvalue weighted by molar-refractivity contribution is 0.102. The molecule has 1 aliphatic rings. The molecule has 0 bridgehead atoms. The molecule has 1 aliphatic heterocycles. The molecule has 1 amide bonds. The van der Waals surface area contributed by atoms with E-state index in [0.29, 0.717) is 48.3 Å². The van der Waals surface area contributed by atoms with Gasteiger partial charge in [-0.15, -0.1) is 0 Å². The summed E-state index contributed by atoms with van der Waals surface area (Å²) in [6, 6.07) is 23.9. The maximum atomic E-state index is 12.8. The summed E-state index contributed by atoms with van der Waals surface area (Å²) >= 11 is 1.45. The molecule has 4 aromatic rings. The average molecular weight is 493 g/mol. The van der Waals surface area contributed by atoms with Gasteiger partial charge in [-0.3, -0.25) is 15.0 Å². The average Bonchev–Trinajstić information content (AvgIpc) is 3.27. The number of piperazine rings is 1. The first-order valence-electron chi connectivity index (χ1n) is 11.0. The van der Waals surface area contributed by atoms with Crippen molar-refractivity contribution in [2.24, 2.45) is 0 Å². The number of carbonyl (C=O) groups excluding carboxylic acids is 1. The second kappa shape index (κ2) is 9.63. The number of thiazole rings is 1. The molecule has 0 atom stereocenters. The topological polar surface area (TPSA) is 82.6 Å². The quantitative estimate of drug-likeness (QED) is 0.439. The predicted octanol–water partition coefficient (Wildman–Crippen LogP) is 4.06. The number of para-hydroxylation sites is 1. The van der Waals surface area contributed by atoms with Gasteiger partial charge in [-0.25, -0.2) is 13.4 Å². The number of hydrogen-bond acceptors (Lipinski definition) is 6. The number of rotatable bonds is 6. The highest BCUT2D eigenvalue weighted by atomic mass is 32.2. The summed E-state index contributed by atoms with van der Waals surface area (Å²) in [5.41, 5.74) is 2.52. The van der Waals surface area contributed by atoms with E-state index < -0.39 is 10.0 Å². The molecule has 7 nitrogen and oxygen atoms in total. The van der Waals surface area contributed by atoms with Crippen molar-refractivity contribution in [1.82, 2.24) is 14.2 Å². The van der Waals surface area contributed by atoms with Gasteiger partial charge in [-0.2, -0.15) is 4.31 Å². The highest BCUT2D eigenvalue weighted by molar-refractivity contribution is 7.89. The lowest BCUT2D eigenvalue weighted by atomic mass is 10.1. The van der Waals surface area contributed by atoms with Crippen molar-refractivity contribution >= 4 is 42.6 Å². The van der Waals surface area contributed by atoms with Crippen molar-refractivity contribution in [3.8, 4) is 0 Å². The van der Waals surface area contributed by atoms with E-state index in [1.807, 2.05) is 54.6 Å². The van der Waals surface area contributed by atoms with Gasteiger partial charge in [0.2, 0.25) is 10.0 Å². The first kappa shape index (κ1) is 22.7. The fraction of sp³-hybridized carbons (Fsp3) is 0.200. The van der Waals surface area contributed by atoms with Gasteiger partial charge in [0.15, 0.2) is 5.13 Å². The monoisotopic (exact) mass is 492 g/mol. The standard InChI is InChI=1S/C25H24N4O3S2/c30-24(27-25-26-22-8-4-5-9-23(22)33-25)20-12-10-19(11-13-20)18-28-14-16-29(17-15-28)34(31,32)21-6-2-1-3-7-21/h1-13H,14-18H2,(H,26,27,30). The van der Waals surface area contributed by atoms with Crippen LogP contribution in [0.4, 0.5) is 5.13 Å². The Kier molecular flexibility index (Phi) is 6.42. The van der Waals surface area contributed by atoms with Crippen LogP contribution in [0.5, 0.6) is 0 Å². The molecule has 3 aromatic carbocycles. The third kappa shape index (κ3) is 4.88. The predicted molar refractivity (Wildman–Crippen MR) is 134 cm³/mol. The van der Waals surface area contributed by atoms with Crippen LogP contribution in [0.2, 0.25) is 0 Å². The number of sulfonamides is 1. The molecule has 0 unspecified atom stereocenters. The molecule has 174 valence electrons. The number of nitrogens with one attached hydrogen (secondary N) is 1. The molecule has 0 spiro atoms. The number of benzene rings is 3. The Labute approximate surface area is 202 Å². The van der Waals surface area contributed by atoms with E-state index in [2.05, 4.69) is 15.2 Å². The molecule has 0 saturated carbocycles. The number of carbonyl (C=O) groups is 1. The number of nitrogens with zero attached hydrogens (tertiary/aromatic N) is 3. The van der Waals surface area contributed by atoms with Gasteiger partial charge < -0.3 is 0 Å². The van der Waals surface area contributed by atoms with Crippen LogP contribution in [0, 0.1) is 0 Å². The Hall–Kier alpha value is -3.11. The molecule has 1 N–H and O–H groups in total. The molecule has 2 heterocycles. The van der Waals surface area contributed by atoms with Crippen molar-refractivity contribution in [2.45, 2.75) is 11.4 Å². The van der Waals surface area contributed by atoms with Crippen LogP contribution in [0.15, 0.2) is 83.8 Å². The number of anilines is 1. The fourth-order valence-electron chi connectivity index (χ4n) is 3.98. The van der Waals surface area contributed by atoms with Gasteiger partial charge in [0, 0.05) is 38.3 Å². The summed E-state index contributed by atoms with van der Waals surface area (Å²) in [7, 11) is -3.45. The second-order valence-corrected chi connectivity index (χ2v) is 11.1. The molecular weight excluding hydrogens is 468 g/mol. The lowest BCUT2D eigenvalue weighted by Crippen LogP contribution is -2.48. The molecule has 1 fully saturated rings. The maximum absolute atomic E-state index is 12.8. The van der Waals surface area contributed by atoms with Gasteiger partial charge in [0.05, 0.1) is 15.1 Å². The summed E-state index contributed by atoms with van der Waals surface area (Å²) in [5.74, 6) is -0.190. The summed E-state index contributed by atoms with van der Waals surface area (Å²) in [6.07, 6.45) is 0. The summed E-state index contributed by atoms with van der Waals surface area (Å²) < 4.78 is 28.2. The van der Waals surface area contributed by atoms with E-state index in [-0.39, 0.29) is 5.91 Å². The highest BCUT2D eigenvalue weighted by Gasteiger charge is 2.28. The van der Waals surface area contributed by atoms with Crippen molar-refractivity contribution in [2.75, 3.05) is 31.5 Å². The first-order chi connectivity index (χ1) is 16.5. The minimum absolute atomic E-state index is 0.190. The van der Waals surface area contributed by atoms with E-state index in [1.54, 1.807) is 28.6 Å². The van der Waals surface area contributed by atoms with Crippen molar-refractivity contribution in [3.05, 3.63) is 90.0 Å². The molecule has 9 heteroatoms. The van der Waals surface area contributed by atoms with E-state index in [4.69, 9.17) is 0 Å². The minimum atomic E-state index is -3.45. The molecule has 5 rings (SSSR count). The van der Waals surface area contributed by atoms with Crippen molar-refractivity contribution in [3.63, 3.8) is 0 Å². The zero-order chi connectivity index (χ0) is 23.5. The van der Waals surface area contributed by atoms with Crippen LogP contribution in [-0.4, -0.2) is 54.7 Å². The van der Waals surface area contributed by atoms with Crippen LogP contribution in [-0.2, 0) is 16.6 Å². The number of hydrogen-bond donors (Lipinski definition) is 1. The molecule has 34 heavy (non-hydrogen) atoms. The van der Waals surface area contributed by atoms with Crippen LogP contribution in [0.1, 0.15) is 15.9 Å². The SMILES string of the molecule is O=C(Nc1nc2ccccc2s1)c1ccc(CN2CCN(S(=O)(=O)c3ccccc3)CC2)cc1. The molecule has 1 aromatic heterocycles.